The van der Waals surface area contributed by atoms with Crippen molar-refractivity contribution in [3.63, 3.8) is 0 Å². The zero-order chi connectivity index (χ0) is 17.0. The molecule has 2 N–H and O–H groups in total. The first-order valence-corrected chi connectivity index (χ1v) is 9.43. The van der Waals surface area contributed by atoms with E-state index >= 15 is 0 Å². The maximum Gasteiger partial charge on any atom is 0.115 e. The summed E-state index contributed by atoms with van der Waals surface area (Å²) in [5.41, 5.74) is 3.49. The van der Waals surface area contributed by atoms with Gasteiger partial charge in [-0.1, -0.05) is 64.0 Å². The van der Waals surface area contributed by atoms with E-state index in [1.165, 1.54) is 63.4 Å². The van der Waals surface area contributed by atoms with Crippen LogP contribution in [-0.4, -0.2) is 5.11 Å². The Morgan fingerprint density at radius 1 is 0.667 bits per heavy atom. The summed E-state index contributed by atoms with van der Waals surface area (Å²) in [5, 5.41) is 12.7. The van der Waals surface area contributed by atoms with Gasteiger partial charge in [0.15, 0.2) is 0 Å². The molecule has 0 spiro atoms. The SMILES string of the molecule is CCCCCCCCCCc1ccc(Nc2ccc(O)cc2)cc1. The number of unbranched alkanes of at least 4 members (excludes halogenated alkanes) is 7. The van der Waals surface area contributed by atoms with Crippen molar-refractivity contribution in [3.05, 3.63) is 54.1 Å². The van der Waals surface area contributed by atoms with E-state index in [1.54, 1.807) is 12.1 Å². The number of phenols is 1. The highest BCUT2D eigenvalue weighted by atomic mass is 16.3. The van der Waals surface area contributed by atoms with Crippen LogP contribution in [-0.2, 0) is 6.42 Å². The molecule has 0 aliphatic rings. The topological polar surface area (TPSA) is 32.3 Å². The minimum atomic E-state index is 0.293. The number of aryl methyl sites for hydroxylation is 1. The molecule has 0 amide bonds. The molecule has 0 heterocycles. The summed E-state index contributed by atoms with van der Waals surface area (Å²) in [7, 11) is 0. The highest BCUT2D eigenvalue weighted by Gasteiger charge is 1.98. The van der Waals surface area contributed by atoms with Gasteiger partial charge in [-0.2, -0.15) is 0 Å². The Balaban J connectivity index is 1.64. The maximum atomic E-state index is 9.31. The Bertz CT molecular complexity index is 560. The highest BCUT2D eigenvalue weighted by molar-refractivity contribution is 5.60. The van der Waals surface area contributed by atoms with Crippen molar-refractivity contribution in [1.29, 1.82) is 0 Å². The summed E-state index contributed by atoms with van der Waals surface area (Å²) < 4.78 is 0. The van der Waals surface area contributed by atoms with Crippen molar-refractivity contribution in [2.45, 2.75) is 64.7 Å². The van der Waals surface area contributed by atoms with Crippen molar-refractivity contribution in [2.75, 3.05) is 5.32 Å². The molecule has 24 heavy (non-hydrogen) atoms. The molecular weight excluding hydrogens is 294 g/mol. The molecule has 0 saturated heterocycles. The van der Waals surface area contributed by atoms with E-state index in [-0.39, 0.29) is 0 Å². The van der Waals surface area contributed by atoms with Crippen molar-refractivity contribution < 1.29 is 5.11 Å². The van der Waals surface area contributed by atoms with E-state index in [2.05, 4.69) is 36.5 Å². The van der Waals surface area contributed by atoms with Crippen molar-refractivity contribution >= 4 is 11.4 Å². The van der Waals surface area contributed by atoms with Gasteiger partial charge in [0.1, 0.15) is 5.75 Å². The van der Waals surface area contributed by atoms with Gasteiger partial charge < -0.3 is 10.4 Å². The van der Waals surface area contributed by atoms with Gasteiger partial charge in [0.2, 0.25) is 0 Å². The summed E-state index contributed by atoms with van der Waals surface area (Å²) in [6, 6.07) is 15.8. The highest BCUT2D eigenvalue weighted by Crippen LogP contribution is 2.20. The van der Waals surface area contributed by atoms with E-state index < -0.39 is 0 Å². The molecule has 0 unspecified atom stereocenters. The molecule has 0 radical (unpaired) electrons. The lowest BCUT2D eigenvalue weighted by Crippen LogP contribution is -1.91. The van der Waals surface area contributed by atoms with E-state index in [4.69, 9.17) is 0 Å². The summed E-state index contributed by atoms with van der Waals surface area (Å²) in [5.74, 6) is 0.293. The third-order valence-corrected chi connectivity index (χ3v) is 4.43. The number of benzene rings is 2. The maximum absolute atomic E-state index is 9.31. The number of hydrogen-bond acceptors (Lipinski definition) is 2. The molecule has 2 heteroatoms. The van der Waals surface area contributed by atoms with E-state index in [0.717, 1.165) is 11.4 Å². The molecule has 2 nitrogen and oxygen atoms in total. The molecule has 130 valence electrons. The normalized spacial score (nSPS) is 10.7. The molecule has 0 aliphatic heterocycles. The second-order valence-corrected chi connectivity index (χ2v) is 6.59. The van der Waals surface area contributed by atoms with Crippen molar-refractivity contribution in [2.24, 2.45) is 0 Å². The predicted molar refractivity (Wildman–Crippen MR) is 104 cm³/mol. The second kappa shape index (κ2) is 10.7. The zero-order valence-electron chi connectivity index (χ0n) is 14.9. The van der Waals surface area contributed by atoms with Crippen LogP contribution in [0.3, 0.4) is 0 Å². The Morgan fingerprint density at radius 2 is 1.17 bits per heavy atom. The molecule has 0 atom stereocenters. The fraction of sp³-hybridized carbons (Fsp3) is 0.455. The largest absolute Gasteiger partial charge is 0.508 e. The average Bonchev–Trinajstić information content (AvgIpc) is 2.61. The van der Waals surface area contributed by atoms with Crippen LogP contribution in [0, 0.1) is 0 Å². The van der Waals surface area contributed by atoms with Crippen molar-refractivity contribution in [3.8, 4) is 5.75 Å². The summed E-state index contributed by atoms with van der Waals surface area (Å²) in [4.78, 5) is 0. The number of nitrogens with one attached hydrogen (secondary N) is 1. The van der Waals surface area contributed by atoms with Crippen LogP contribution in [0.25, 0.3) is 0 Å². The van der Waals surface area contributed by atoms with Gasteiger partial charge in [-0.15, -0.1) is 0 Å². The number of hydrogen-bond donors (Lipinski definition) is 2. The monoisotopic (exact) mass is 325 g/mol. The van der Waals surface area contributed by atoms with Crippen molar-refractivity contribution in [1.82, 2.24) is 0 Å². The van der Waals surface area contributed by atoms with E-state index in [1.807, 2.05) is 12.1 Å². The Hall–Kier alpha value is -1.96. The van der Waals surface area contributed by atoms with E-state index in [9.17, 15) is 5.11 Å². The molecule has 2 aromatic carbocycles. The molecular formula is C22H31NO. The first-order valence-electron chi connectivity index (χ1n) is 9.43. The fourth-order valence-electron chi connectivity index (χ4n) is 2.93. The van der Waals surface area contributed by atoms with Crippen LogP contribution in [0.1, 0.15) is 63.9 Å². The van der Waals surface area contributed by atoms with Gasteiger partial charge >= 0.3 is 0 Å². The smallest absolute Gasteiger partial charge is 0.115 e. The third kappa shape index (κ3) is 7.08. The van der Waals surface area contributed by atoms with Crippen LogP contribution in [0.15, 0.2) is 48.5 Å². The number of aromatic hydroxyl groups is 1. The average molecular weight is 325 g/mol. The molecule has 0 bridgehead atoms. The third-order valence-electron chi connectivity index (χ3n) is 4.43. The van der Waals surface area contributed by atoms with Crippen LogP contribution in [0.4, 0.5) is 11.4 Å². The van der Waals surface area contributed by atoms with Gasteiger partial charge in [-0.05, 0) is 54.8 Å². The summed E-state index contributed by atoms with van der Waals surface area (Å²) in [6.45, 7) is 2.27. The Labute approximate surface area is 146 Å². The molecule has 0 aromatic heterocycles. The summed E-state index contributed by atoms with van der Waals surface area (Å²) >= 11 is 0. The van der Waals surface area contributed by atoms with Gasteiger partial charge in [0.25, 0.3) is 0 Å². The molecule has 0 aliphatic carbocycles. The molecule has 0 fully saturated rings. The minimum Gasteiger partial charge on any atom is -0.508 e. The van der Waals surface area contributed by atoms with Crippen LogP contribution in [0.2, 0.25) is 0 Å². The standard InChI is InChI=1S/C22H31NO/c1-2-3-4-5-6-7-8-9-10-19-11-13-20(14-12-19)23-21-15-17-22(24)18-16-21/h11-18,23-24H,2-10H2,1H3. The number of phenolic OH excluding ortho intramolecular Hbond substituents is 1. The lowest BCUT2D eigenvalue weighted by Gasteiger charge is -2.08. The second-order valence-electron chi connectivity index (χ2n) is 6.59. The number of anilines is 2. The first-order chi connectivity index (χ1) is 11.8. The minimum absolute atomic E-state index is 0.293. The van der Waals surface area contributed by atoms with E-state index in [0.29, 0.717) is 5.75 Å². The van der Waals surface area contributed by atoms with Gasteiger partial charge in [0.05, 0.1) is 0 Å². The van der Waals surface area contributed by atoms with Crippen LogP contribution in [0.5, 0.6) is 5.75 Å². The Morgan fingerprint density at radius 3 is 1.75 bits per heavy atom. The molecule has 2 rings (SSSR count). The van der Waals surface area contributed by atoms with Gasteiger partial charge in [-0.3, -0.25) is 0 Å². The zero-order valence-corrected chi connectivity index (χ0v) is 14.9. The lowest BCUT2D eigenvalue weighted by atomic mass is 10.0. The fourth-order valence-corrected chi connectivity index (χ4v) is 2.93. The van der Waals surface area contributed by atoms with Gasteiger partial charge in [-0.25, -0.2) is 0 Å². The lowest BCUT2D eigenvalue weighted by molar-refractivity contribution is 0.475. The van der Waals surface area contributed by atoms with Crippen LogP contribution < -0.4 is 5.32 Å². The number of rotatable bonds is 11. The van der Waals surface area contributed by atoms with Gasteiger partial charge in [0, 0.05) is 11.4 Å². The molecule has 2 aromatic rings. The predicted octanol–water partition coefficient (Wildman–Crippen LogP) is 6.82. The summed E-state index contributed by atoms with van der Waals surface area (Å²) in [6.07, 6.45) is 12.1. The van der Waals surface area contributed by atoms with Crippen LogP contribution >= 0.6 is 0 Å². The Kier molecular flexibility index (Phi) is 8.23. The quantitative estimate of drug-likeness (QED) is 0.351. The molecule has 0 saturated carbocycles. The first kappa shape index (κ1) is 18.4.